The van der Waals surface area contributed by atoms with E-state index in [9.17, 15) is 9.59 Å². The van der Waals surface area contributed by atoms with Crippen LogP contribution in [-0.2, 0) is 19.7 Å². The standard InChI is InChI=1S/C11H16N2O4S/c1-11(2,9(15)16)7-6-18-10(13-7)12-5-4-8(14)17-3/h6H,4-5H2,1-3H3,(H,12,13)(H,15,16). The maximum atomic E-state index is 11.1. The van der Waals surface area contributed by atoms with Gasteiger partial charge in [0.25, 0.3) is 0 Å². The highest BCUT2D eigenvalue weighted by Gasteiger charge is 2.32. The predicted molar refractivity (Wildman–Crippen MR) is 67.9 cm³/mol. The van der Waals surface area contributed by atoms with Gasteiger partial charge in [0.05, 0.1) is 19.2 Å². The molecule has 2 N–H and O–H groups in total. The van der Waals surface area contributed by atoms with Crippen LogP contribution in [0.5, 0.6) is 0 Å². The van der Waals surface area contributed by atoms with Crippen LogP contribution in [0.25, 0.3) is 0 Å². The topological polar surface area (TPSA) is 88.5 Å². The van der Waals surface area contributed by atoms with Crippen molar-refractivity contribution in [3.05, 3.63) is 11.1 Å². The molecule has 1 rings (SSSR count). The van der Waals surface area contributed by atoms with Gasteiger partial charge in [0, 0.05) is 11.9 Å². The Balaban J connectivity index is 2.59. The molecule has 7 heteroatoms. The lowest BCUT2D eigenvalue weighted by Crippen LogP contribution is -2.28. The first-order valence-corrected chi connectivity index (χ1v) is 6.26. The quantitative estimate of drug-likeness (QED) is 0.763. The van der Waals surface area contributed by atoms with Crippen LogP contribution in [0.15, 0.2) is 5.38 Å². The summed E-state index contributed by atoms with van der Waals surface area (Å²) in [5, 5.41) is 14.3. The van der Waals surface area contributed by atoms with E-state index in [1.54, 1.807) is 19.2 Å². The highest BCUT2D eigenvalue weighted by Crippen LogP contribution is 2.27. The van der Waals surface area contributed by atoms with Crippen molar-refractivity contribution in [2.75, 3.05) is 19.0 Å². The van der Waals surface area contributed by atoms with Gasteiger partial charge in [-0.3, -0.25) is 9.59 Å². The number of methoxy groups -OCH3 is 1. The number of aliphatic carboxylic acids is 1. The number of nitrogens with zero attached hydrogens (tertiary/aromatic N) is 1. The van der Waals surface area contributed by atoms with E-state index in [0.717, 1.165) is 0 Å². The number of carboxylic acid groups (broad SMARTS) is 1. The number of rotatable bonds is 6. The summed E-state index contributed by atoms with van der Waals surface area (Å²) in [6.07, 6.45) is 0.244. The zero-order valence-electron chi connectivity index (χ0n) is 10.5. The fraction of sp³-hybridized carbons (Fsp3) is 0.545. The number of carbonyl (C=O) groups excluding carboxylic acids is 1. The van der Waals surface area contributed by atoms with E-state index in [1.807, 2.05) is 0 Å². The van der Waals surface area contributed by atoms with E-state index < -0.39 is 11.4 Å². The average Bonchev–Trinajstić information content (AvgIpc) is 2.77. The number of carbonyl (C=O) groups is 2. The molecule has 0 saturated heterocycles. The first kappa shape index (κ1) is 14.4. The number of hydrogen-bond acceptors (Lipinski definition) is 6. The molecule has 0 amide bonds. The number of ether oxygens (including phenoxy) is 1. The Morgan fingerprint density at radius 3 is 2.78 bits per heavy atom. The zero-order valence-corrected chi connectivity index (χ0v) is 11.3. The number of esters is 1. The number of aromatic nitrogens is 1. The molecule has 0 aliphatic heterocycles. The molecule has 0 saturated carbocycles. The van der Waals surface area contributed by atoms with Gasteiger partial charge in [-0.25, -0.2) is 4.98 Å². The normalized spacial score (nSPS) is 11.1. The smallest absolute Gasteiger partial charge is 0.315 e. The summed E-state index contributed by atoms with van der Waals surface area (Å²) < 4.78 is 4.51. The Hall–Kier alpha value is -1.63. The maximum Gasteiger partial charge on any atom is 0.315 e. The molecule has 0 aliphatic rings. The third-order valence-electron chi connectivity index (χ3n) is 2.51. The Morgan fingerprint density at radius 2 is 2.22 bits per heavy atom. The fourth-order valence-electron chi connectivity index (χ4n) is 1.13. The predicted octanol–water partition coefficient (Wildman–Crippen LogP) is 1.48. The van der Waals surface area contributed by atoms with Crippen LogP contribution >= 0.6 is 11.3 Å². The number of carboxylic acids is 1. The van der Waals surface area contributed by atoms with Gasteiger partial charge in [0.2, 0.25) is 0 Å². The number of anilines is 1. The SMILES string of the molecule is COC(=O)CCNc1nc(C(C)(C)C(=O)O)cs1. The average molecular weight is 272 g/mol. The molecule has 18 heavy (non-hydrogen) atoms. The Kier molecular flexibility index (Phi) is 4.66. The zero-order chi connectivity index (χ0) is 13.8. The third-order valence-corrected chi connectivity index (χ3v) is 3.31. The molecule has 1 heterocycles. The van der Waals surface area contributed by atoms with Gasteiger partial charge in [-0.1, -0.05) is 0 Å². The second-order valence-corrected chi connectivity index (χ2v) is 5.08. The monoisotopic (exact) mass is 272 g/mol. The number of nitrogens with one attached hydrogen (secondary N) is 1. The fourth-order valence-corrected chi connectivity index (χ4v) is 2.03. The molecule has 100 valence electrons. The Labute approximate surface area is 109 Å². The van der Waals surface area contributed by atoms with E-state index in [2.05, 4.69) is 15.0 Å². The molecule has 0 unspecified atom stereocenters. The summed E-state index contributed by atoms with van der Waals surface area (Å²) in [4.78, 5) is 26.2. The highest BCUT2D eigenvalue weighted by atomic mass is 32.1. The van der Waals surface area contributed by atoms with E-state index in [1.165, 1.54) is 18.4 Å². The molecule has 0 bridgehead atoms. The molecular formula is C11H16N2O4S. The van der Waals surface area contributed by atoms with Crippen LogP contribution in [0.4, 0.5) is 5.13 Å². The summed E-state index contributed by atoms with van der Waals surface area (Å²) in [7, 11) is 1.33. The van der Waals surface area contributed by atoms with E-state index >= 15 is 0 Å². The van der Waals surface area contributed by atoms with E-state index in [-0.39, 0.29) is 12.4 Å². The first-order valence-electron chi connectivity index (χ1n) is 5.38. The highest BCUT2D eigenvalue weighted by molar-refractivity contribution is 7.13. The Morgan fingerprint density at radius 1 is 1.56 bits per heavy atom. The molecule has 0 aromatic carbocycles. The molecule has 0 spiro atoms. The van der Waals surface area contributed by atoms with Gasteiger partial charge in [0.1, 0.15) is 5.41 Å². The van der Waals surface area contributed by atoms with Crippen molar-refractivity contribution in [3.63, 3.8) is 0 Å². The molecule has 0 radical (unpaired) electrons. The molecule has 0 atom stereocenters. The van der Waals surface area contributed by atoms with Crippen molar-refractivity contribution in [3.8, 4) is 0 Å². The van der Waals surface area contributed by atoms with Crippen LogP contribution in [-0.4, -0.2) is 35.7 Å². The van der Waals surface area contributed by atoms with Gasteiger partial charge in [-0.05, 0) is 13.8 Å². The largest absolute Gasteiger partial charge is 0.481 e. The molecular weight excluding hydrogens is 256 g/mol. The van der Waals surface area contributed by atoms with Crippen LogP contribution < -0.4 is 5.32 Å². The van der Waals surface area contributed by atoms with Gasteiger partial charge < -0.3 is 15.2 Å². The minimum absolute atomic E-state index is 0.244. The van der Waals surface area contributed by atoms with Crippen molar-refractivity contribution in [1.29, 1.82) is 0 Å². The molecule has 1 aromatic rings. The lowest BCUT2D eigenvalue weighted by Gasteiger charge is -2.15. The van der Waals surface area contributed by atoms with Crippen molar-refractivity contribution in [2.24, 2.45) is 0 Å². The van der Waals surface area contributed by atoms with Crippen molar-refractivity contribution >= 4 is 28.4 Å². The molecule has 6 nitrogen and oxygen atoms in total. The van der Waals surface area contributed by atoms with Crippen LogP contribution in [0.2, 0.25) is 0 Å². The maximum absolute atomic E-state index is 11.1. The summed E-state index contributed by atoms with van der Waals surface area (Å²) in [6.45, 7) is 3.61. The number of thiazole rings is 1. The molecule has 0 aliphatic carbocycles. The summed E-state index contributed by atoms with van der Waals surface area (Å²) >= 11 is 1.32. The van der Waals surface area contributed by atoms with Crippen LogP contribution in [0.3, 0.4) is 0 Å². The minimum atomic E-state index is -1.02. The van der Waals surface area contributed by atoms with Gasteiger partial charge in [-0.15, -0.1) is 11.3 Å². The lowest BCUT2D eigenvalue weighted by molar-refractivity contribution is -0.142. The molecule has 1 aromatic heterocycles. The van der Waals surface area contributed by atoms with Gasteiger partial charge in [0.15, 0.2) is 5.13 Å². The summed E-state index contributed by atoms with van der Waals surface area (Å²) in [5.74, 6) is -1.22. The Bertz CT molecular complexity index is 442. The third kappa shape index (κ3) is 3.43. The second-order valence-electron chi connectivity index (χ2n) is 4.22. The number of hydrogen-bond donors (Lipinski definition) is 2. The van der Waals surface area contributed by atoms with Crippen molar-refractivity contribution in [2.45, 2.75) is 25.7 Å². The lowest BCUT2D eigenvalue weighted by atomic mass is 9.90. The second kappa shape index (κ2) is 5.81. The van der Waals surface area contributed by atoms with E-state index in [0.29, 0.717) is 17.4 Å². The van der Waals surface area contributed by atoms with Gasteiger partial charge >= 0.3 is 11.9 Å². The van der Waals surface area contributed by atoms with Crippen LogP contribution in [0.1, 0.15) is 26.0 Å². The summed E-state index contributed by atoms with van der Waals surface area (Å²) in [5.41, 5.74) is -0.515. The summed E-state index contributed by atoms with van der Waals surface area (Å²) in [6, 6.07) is 0. The first-order chi connectivity index (χ1) is 8.37. The van der Waals surface area contributed by atoms with E-state index in [4.69, 9.17) is 5.11 Å². The van der Waals surface area contributed by atoms with Crippen molar-refractivity contribution < 1.29 is 19.4 Å². The van der Waals surface area contributed by atoms with Gasteiger partial charge in [-0.2, -0.15) is 0 Å². The molecule has 0 fully saturated rings. The van der Waals surface area contributed by atoms with Crippen LogP contribution in [0, 0.1) is 0 Å². The van der Waals surface area contributed by atoms with Crippen molar-refractivity contribution in [1.82, 2.24) is 4.98 Å². The minimum Gasteiger partial charge on any atom is -0.481 e.